The van der Waals surface area contributed by atoms with Gasteiger partial charge in [0.25, 0.3) is 0 Å². The summed E-state index contributed by atoms with van der Waals surface area (Å²) in [6, 6.07) is 0. The van der Waals surface area contributed by atoms with Crippen LogP contribution in [0.5, 0.6) is 0 Å². The van der Waals surface area contributed by atoms with Crippen LogP contribution in [0.3, 0.4) is 0 Å². The molecule has 0 aromatic heterocycles. The van der Waals surface area contributed by atoms with E-state index >= 15 is 0 Å². The van der Waals surface area contributed by atoms with Crippen LogP contribution in [0.4, 0.5) is 0 Å². The van der Waals surface area contributed by atoms with Crippen LogP contribution in [0.1, 0.15) is 32.6 Å². The first-order valence-corrected chi connectivity index (χ1v) is 5.17. The molecule has 2 fully saturated rings. The number of amidine groups is 1. The van der Waals surface area contributed by atoms with Crippen molar-refractivity contribution < 1.29 is 0 Å². The van der Waals surface area contributed by atoms with Gasteiger partial charge in [0.2, 0.25) is 0 Å². The van der Waals surface area contributed by atoms with Gasteiger partial charge in [-0.25, -0.2) is 0 Å². The lowest BCUT2D eigenvalue weighted by Crippen LogP contribution is -2.61. The van der Waals surface area contributed by atoms with E-state index in [0.29, 0.717) is 5.92 Å². The van der Waals surface area contributed by atoms with Crippen molar-refractivity contribution in [1.29, 1.82) is 5.41 Å². The highest BCUT2D eigenvalue weighted by atomic mass is 14.9. The minimum Gasteiger partial charge on any atom is -0.386 e. The topological polar surface area (TPSA) is 75.9 Å². The predicted octanol–water partition coefficient (Wildman–Crippen LogP) is 1.08. The first kappa shape index (κ1) is 9.00. The first-order chi connectivity index (χ1) is 6.03. The molecule has 0 radical (unpaired) electrons. The zero-order valence-corrected chi connectivity index (χ0v) is 8.22. The van der Waals surface area contributed by atoms with Gasteiger partial charge in [-0.15, -0.1) is 0 Å². The van der Waals surface area contributed by atoms with Gasteiger partial charge in [-0.3, -0.25) is 5.41 Å². The Labute approximate surface area is 79.4 Å². The molecule has 0 amide bonds. The standard InChI is InChI=1S/C10H19N3/c1-10(13,9(11)12)8-5-6-3-2-4-7(6)8/h6-8H,2-5,13H2,1H3,(H3,11,12). The fourth-order valence-corrected chi connectivity index (χ4v) is 3.08. The third-order valence-electron chi connectivity index (χ3n) is 4.14. The Morgan fingerprint density at radius 1 is 1.46 bits per heavy atom. The highest BCUT2D eigenvalue weighted by molar-refractivity contribution is 5.87. The van der Waals surface area contributed by atoms with E-state index in [1.165, 1.54) is 25.7 Å². The number of nitrogens with two attached hydrogens (primary N) is 2. The van der Waals surface area contributed by atoms with Gasteiger partial charge in [-0.2, -0.15) is 0 Å². The Morgan fingerprint density at radius 3 is 2.69 bits per heavy atom. The normalized spacial score (nSPS) is 41.8. The third kappa shape index (κ3) is 1.17. The van der Waals surface area contributed by atoms with Crippen LogP contribution in [0.25, 0.3) is 0 Å². The Balaban J connectivity index is 2.07. The molecule has 4 atom stereocenters. The molecule has 0 aliphatic heterocycles. The van der Waals surface area contributed by atoms with Gasteiger partial charge in [0, 0.05) is 0 Å². The van der Waals surface area contributed by atoms with Crippen molar-refractivity contribution >= 4 is 5.84 Å². The van der Waals surface area contributed by atoms with Gasteiger partial charge in [0.05, 0.1) is 5.54 Å². The largest absolute Gasteiger partial charge is 0.386 e. The molecule has 2 aliphatic rings. The van der Waals surface area contributed by atoms with Crippen molar-refractivity contribution in [1.82, 2.24) is 0 Å². The van der Waals surface area contributed by atoms with Crippen LogP contribution in [-0.2, 0) is 0 Å². The summed E-state index contributed by atoms with van der Waals surface area (Å²) in [5.74, 6) is 2.28. The average molecular weight is 181 g/mol. The Kier molecular flexibility index (Phi) is 1.88. The van der Waals surface area contributed by atoms with Gasteiger partial charge < -0.3 is 11.5 Å². The molecule has 3 nitrogen and oxygen atoms in total. The highest BCUT2D eigenvalue weighted by Crippen LogP contribution is 2.54. The zero-order valence-electron chi connectivity index (χ0n) is 8.22. The molecule has 74 valence electrons. The summed E-state index contributed by atoms with van der Waals surface area (Å²) >= 11 is 0. The van der Waals surface area contributed by atoms with E-state index in [4.69, 9.17) is 16.9 Å². The molecule has 2 aliphatic carbocycles. The van der Waals surface area contributed by atoms with Gasteiger partial charge in [-0.1, -0.05) is 12.8 Å². The molecule has 4 unspecified atom stereocenters. The number of hydrogen-bond acceptors (Lipinski definition) is 2. The Morgan fingerprint density at radius 2 is 2.15 bits per heavy atom. The lowest BCUT2D eigenvalue weighted by molar-refractivity contribution is 0.0636. The number of rotatable bonds is 2. The van der Waals surface area contributed by atoms with Crippen LogP contribution >= 0.6 is 0 Å². The van der Waals surface area contributed by atoms with Crippen molar-refractivity contribution in [3.8, 4) is 0 Å². The molecule has 0 heterocycles. The van der Waals surface area contributed by atoms with Crippen LogP contribution in [-0.4, -0.2) is 11.4 Å². The SMILES string of the molecule is CC(N)(C(=N)N)C1CC2CCCC21. The zero-order chi connectivity index (χ0) is 9.64. The quantitative estimate of drug-likeness (QED) is 0.440. The van der Waals surface area contributed by atoms with Crippen molar-refractivity contribution in [3.05, 3.63) is 0 Å². The molecule has 0 aromatic rings. The van der Waals surface area contributed by atoms with E-state index < -0.39 is 5.54 Å². The molecule has 3 heteroatoms. The van der Waals surface area contributed by atoms with E-state index in [0.717, 1.165) is 11.8 Å². The van der Waals surface area contributed by atoms with Gasteiger partial charge in [-0.05, 0) is 37.5 Å². The van der Waals surface area contributed by atoms with E-state index in [-0.39, 0.29) is 5.84 Å². The summed E-state index contributed by atoms with van der Waals surface area (Å²) in [6.07, 6.45) is 5.21. The first-order valence-electron chi connectivity index (χ1n) is 5.17. The lowest BCUT2D eigenvalue weighted by Gasteiger charge is -2.48. The molecule has 5 N–H and O–H groups in total. The fraction of sp³-hybridized carbons (Fsp3) is 0.900. The van der Waals surface area contributed by atoms with E-state index in [9.17, 15) is 0 Å². The predicted molar refractivity (Wildman–Crippen MR) is 53.4 cm³/mol. The summed E-state index contributed by atoms with van der Waals surface area (Å²) in [7, 11) is 0. The molecule has 2 saturated carbocycles. The summed E-state index contributed by atoms with van der Waals surface area (Å²) < 4.78 is 0. The molecular formula is C10H19N3. The summed E-state index contributed by atoms with van der Waals surface area (Å²) in [5.41, 5.74) is 11.0. The Bertz CT molecular complexity index is 234. The maximum atomic E-state index is 7.47. The lowest BCUT2D eigenvalue weighted by atomic mass is 9.59. The van der Waals surface area contributed by atoms with Crippen LogP contribution in [0.15, 0.2) is 0 Å². The molecule has 13 heavy (non-hydrogen) atoms. The monoisotopic (exact) mass is 181 g/mol. The van der Waals surface area contributed by atoms with Crippen LogP contribution in [0, 0.1) is 23.2 Å². The molecule has 0 spiro atoms. The number of fused-ring (bicyclic) bond motifs is 1. The van der Waals surface area contributed by atoms with Crippen LogP contribution in [0.2, 0.25) is 0 Å². The smallest absolute Gasteiger partial charge is 0.111 e. The summed E-state index contributed by atoms with van der Waals surface area (Å²) in [6.45, 7) is 1.91. The number of hydrogen-bond donors (Lipinski definition) is 3. The van der Waals surface area contributed by atoms with Gasteiger partial charge >= 0.3 is 0 Å². The molecule has 0 bridgehead atoms. The van der Waals surface area contributed by atoms with Gasteiger partial charge in [0.15, 0.2) is 0 Å². The van der Waals surface area contributed by atoms with Crippen molar-refractivity contribution in [2.24, 2.45) is 29.2 Å². The van der Waals surface area contributed by atoms with E-state index in [1.54, 1.807) is 0 Å². The second kappa shape index (κ2) is 2.71. The van der Waals surface area contributed by atoms with E-state index in [2.05, 4.69) is 0 Å². The van der Waals surface area contributed by atoms with Gasteiger partial charge in [0.1, 0.15) is 5.84 Å². The second-order valence-electron chi connectivity index (χ2n) is 4.89. The second-order valence-corrected chi connectivity index (χ2v) is 4.89. The minimum absolute atomic E-state index is 0.155. The Hall–Kier alpha value is -0.570. The van der Waals surface area contributed by atoms with Crippen LogP contribution < -0.4 is 11.5 Å². The molecular weight excluding hydrogens is 162 g/mol. The minimum atomic E-state index is -0.550. The van der Waals surface area contributed by atoms with Crippen molar-refractivity contribution in [3.63, 3.8) is 0 Å². The molecule has 0 aromatic carbocycles. The summed E-state index contributed by atoms with van der Waals surface area (Å²) in [4.78, 5) is 0. The fourth-order valence-electron chi connectivity index (χ4n) is 3.08. The van der Waals surface area contributed by atoms with Crippen molar-refractivity contribution in [2.75, 3.05) is 0 Å². The summed E-state index contributed by atoms with van der Waals surface area (Å²) in [5, 5.41) is 7.47. The average Bonchev–Trinajstić information content (AvgIpc) is 2.31. The maximum Gasteiger partial charge on any atom is 0.111 e. The maximum absolute atomic E-state index is 7.47. The molecule has 0 saturated heterocycles. The third-order valence-corrected chi connectivity index (χ3v) is 4.14. The highest BCUT2D eigenvalue weighted by Gasteiger charge is 2.51. The van der Waals surface area contributed by atoms with E-state index in [1.807, 2.05) is 6.92 Å². The number of nitrogens with one attached hydrogen (secondary N) is 1. The van der Waals surface area contributed by atoms with Crippen molar-refractivity contribution in [2.45, 2.75) is 38.1 Å². The molecule has 2 rings (SSSR count).